The summed E-state index contributed by atoms with van der Waals surface area (Å²) in [5.74, 6) is 0. The zero-order valence-electron chi connectivity index (χ0n) is 15.8. The van der Waals surface area contributed by atoms with E-state index in [0.29, 0.717) is 0 Å². The molecule has 1 fully saturated rings. The Labute approximate surface area is 171 Å². The van der Waals surface area contributed by atoms with E-state index in [1.54, 1.807) is 0 Å². The molecule has 0 bridgehead atoms. The lowest BCUT2D eigenvalue weighted by atomic mass is 9.94. The average Bonchev–Trinajstić information content (AvgIpc) is 2.76. The second-order valence-electron chi connectivity index (χ2n) is 7.19. The largest absolute Gasteiger partial charge is 0.386 e. The quantitative estimate of drug-likeness (QED) is 0.666. The molecule has 0 amide bonds. The van der Waals surface area contributed by atoms with Crippen LogP contribution in [0.15, 0.2) is 84.9 Å². The molecule has 0 aliphatic carbocycles. The predicted octanol–water partition coefficient (Wildman–Crippen LogP) is 4.94. The van der Waals surface area contributed by atoms with Crippen molar-refractivity contribution in [3.8, 4) is 0 Å². The average molecular weight is 393 g/mol. The summed E-state index contributed by atoms with van der Waals surface area (Å²) >= 11 is 6.39. The number of hydrogen-bond acceptors (Lipinski definition) is 3. The van der Waals surface area contributed by atoms with Gasteiger partial charge in [0.05, 0.1) is 22.9 Å². The van der Waals surface area contributed by atoms with Crippen molar-refractivity contribution in [3.05, 3.63) is 101 Å². The van der Waals surface area contributed by atoms with Crippen LogP contribution in [0.3, 0.4) is 0 Å². The van der Waals surface area contributed by atoms with Crippen molar-refractivity contribution in [2.75, 3.05) is 31.1 Å². The number of hydrogen-bond donors (Lipinski definition) is 1. The van der Waals surface area contributed by atoms with Crippen LogP contribution in [-0.4, -0.2) is 36.2 Å². The third kappa shape index (κ3) is 4.07. The van der Waals surface area contributed by atoms with Gasteiger partial charge in [0.15, 0.2) is 0 Å². The fraction of sp³-hybridized carbons (Fsp3) is 0.250. The van der Waals surface area contributed by atoms with Gasteiger partial charge in [-0.1, -0.05) is 84.4 Å². The van der Waals surface area contributed by atoms with E-state index < -0.39 is 6.10 Å². The fourth-order valence-corrected chi connectivity index (χ4v) is 4.28. The minimum Gasteiger partial charge on any atom is -0.386 e. The molecule has 3 aromatic carbocycles. The Kier molecular flexibility index (Phi) is 5.96. The van der Waals surface area contributed by atoms with Crippen molar-refractivity contribution < 1.29 is 5.11 Å². The molecule has 1 heterocycles. The first kappa shape index (κ1) is 19.0. The van der Waals surface area contributed by atoms with Crippen LogP contribution in [0.1, 0.15) is 23.3 Å². The standard InChI is InChI=1S/C24H25ClN2O/c25-21-13-7-8-14-22(21)26-15-17-27(18-16-26)23(19-9-3-1-4-10-19)24(28)20-11-5-2-6-12-20/h1-14,23-24,28H,15-18H2. The van der Waals surface area contributed by atoms with E-state index in [-0.39, 0.29) is 6.04 Å². The predicted molar refractivity (Wildman–Crippen MR) is 116 cm³/mol. The molecule has 4 rings (SSSR count). The summed E-state index contributed by atoms with van der Waals surface area (Å²) in [6.45, 7) is 3.51. The number of nitrogens with zero attached hydrogens (tertiary/aromatic N) is 2. The van der Waals surface area contributed by atoms with Crippen LogP contribution in [0.5, 0.6) is 0 Å². The zero-order valence-corrected chi connectivity index (χ0v) is 16.5. The van der Waals surface area contributed by atoms with Gasteiger partial charge in [0.1, 0.15) is 0 Å². The number of halogens is 1. The summed E-state index contributed by atoms with van der Waals surface area (Å²) in [4.78, 5) is 4.72. The van der Waals surface area contributed by atoms with Gasteiger partial charge in [-0.25, -0.2) is 0 Å². The maximum Gasteiger partial charge on any atom is 0.0986 e. The van der Waals surface area contributed by atoms with Gasteiger partial charge in [-0.05, 0) is 23.3 Å². The van der Waals surface area contributed by atoms with Crippen molar-refractivity contribution >= 4 is 17.3 Å². The number of para-hydroxylation sites is 1. The zero-order chi connectivity index (χ0) is 19.3. The first-order valence-electron chi connectivity index (χ1n) is 9.75. The van der Waals surface area contributed by atoms with Crippen molar-refractivity contribution in [1.82, 2.24) is 4.90 Å². The molecule has 0 spiro atoms. The minimum absolute atomic E-state index is 0.0722. The van der Waals surface area contributed by atoms with Crippen LogP contribution in [0.4, 0.5) is 5.69 Å². The van der Waals surface area contributed by atoms with Crippen molar-refractivity contribution in [2.24, 2.45) is 0 Å². The van der Waals surface area contributed by atoms with E-state index in [2.05, 4.69) is 28.0 Å². The van der Waals surface area contributed by atoms with Crippen LogP contribution in [0, 0.1) is 0 Å². The Morgan fingerprint density at radius 2 is 1.21 bits per heavy atom. The minimum atomic E-state index is -0.574. The van der Waals surface area contributed by atoms with E-state index in [4.69, 9.17) is 11.6 Å². The summed E-state index contributed by atoms with van der Waals surface area (Å²) in [5, 5.41) is 12.0. The third-order valence-corrected chi connectivity index (χ3v) is 5.80. The maximum absolute atomic E-state index is 11.2. The second-order valence-corrected chi connectivity index (χ2v) is 7.59. The summed E-state index contributed by atoms with van der Waals surface area (Å²) in [6, 6.07) is 28.2. The molecule has 1 N–H and O–H groups in total. The Balaban J connectivity index is 1.56. The molecule has 28 heavy (non-hydrogen) atoms. The number of piperazine rings is 1. The smallest absolute Gasteiger partial charge is 0.0986 e. The molecule has 1 aliphatic heterocycles. The molecule has 3 nitrogen and oxygen atoms in total. The van der Waals surface area contributed by atoms with Crippen LogP contribution >= 0.6 is 11.6 Å². The van der Waals surface area contributed by atoms with Crippen molar-refractivity contribution in [2.45, 2.75) is 12.1 Å². The molecule has 1 aliphatic rings. The highest BCUT2D eigenvalue weighted by Crippen LogP contribution is 2.35. The SMILES string of the molecule is OC(c1ccccc1)C(c1ccccc1)N1CCN(c2ccccc2Cl)CC1. The van der Waals surface area contributed by atoms with E-state index in [0.717, 1.165) is 48.0 Å². The molecule has 0 saturated carbocycles. The first-order valence-corrected chi connectivity index (χ1v) is 10.1. The number of aliphatic hydroxyl groups excluding tert-OH is 1. The topological polar surface area (TPSA) is 26.7 Å². The van der Waals surface area contributed by atoms with Gasteiger partial charge in [0.2, 0.25) is 0 Å². The Bertz CT molecular complexity index is 879. The Morgan fingerprint density at radius 3 is 1.82 bits per heavy atom. The highest BCUT2D eigenvalue weighted by Gasteiger charge is 2.31. The molecule has 0 radical (unpaired) electrons. The van der Waals surface area contributed by atoms with Crippen molar-refractivity contribution in [1.29, 1.82) is 0 Å². The van der Waals surface area contributed by atoms with Gasteiger partial charge in [-0.2, -0.15) is 0 Å². The summed E-state index contributed by atoms with van der Waals surface area (Å²) < 4.78 is 0. The number of benzene rings is 3. The van der Waals surface area contributed by atoms with Crippen LogP contribution in [0.2, 0.25) is 5.02 Å². The highest BCUT2D eigenvalue weighted by molar-refractivity contribution is 6.33. The maximum atomic E-state index is 11.2. The van der Waals surface area contributed by atoms with Gasteiger partial charge in [0.25, 0.3) is 0 Å². The third-order valence-electron chi connectivity index (χ3n) is 5.48. The summed E-state index contributed by atoms with van der Waals surface area (Å²) in [5.41, 5.74) is 3.18. The number of anilines is 1. The monoisotopic (exact) mass is 392 g/mol. The Hall–Kier alpha value is -2.33. The van der Waals surface area contributed by atoms with E-state index in [1.165, 1.54) is 0 Å². The number of aliphatic hydroxyl groups is 1. The first-order chi connectivity index (χ1) is 13.7. The lowest BCUT2D eigenvalue weighted by molar-refractivity contribution is 0.0436. The second kappa shape index (κ2) is 8.78. The van der Waals surface area contributed by atoms with E-state index in [9.17, 15) is 5.11 Å². The van der Waals surface area contributed by atoms with Gasteiger partial charge in [-0.15, -0.1) is 0 Å². The van der Waals surface area contributed by atoms with Crippen molar-refractivity contribution in [3.63, 3.8) is 0 Å². The molecule has 1 saturated heterocycles. The highest BCUT2D eigenvalue weighted by atomic mass is 35.5. The number of rotatable bonds is 5. The lowest BCUT2D eigenvalue weighted by Gasteiger charge is -2.42. The van der Waals surface area contributed by atoms with E-state index >= 15 is 0 Å². The van der Waals surface area contributed by atoms with Gasteiger partial charge < -0.3 is 10.0 Å². The van der Waals surface area contributed by atoms with Crippen LogP contribution in [0.25, 0.3) is 0 Å². The molecule has 0 aromatic heterocycles. The molecular formula is C24H25ClN2O. The fourth-order valence-electron chi connectivity index (χ4n) is 4.02. The normalized spacial score (nSPS) is 17.3. The van der Waals surface area contributed by atoms with Crippen LogP contribution < -0.4 is 4.90 Å². The summed E-state index contributed by atoms with van der Waals surface area (Å²) in [6.07, 6.45) is -0.574. The van der Waals surface area contributed by atoms with Gasteiger partial charge >= 0.3 is 0 Å². The molecular weight excluding hydrogens is 368 g/mol. The molecule has 144 valence electrons. The lowest BCUT2D eigenvalue weighted by Crippen LogP contribution is -2.49. The van der Waals surface area contributed by atoms with E-state index in [1.807, 2.05) is 66.7 Å². The summed E-state index contributed by atoms with van der Waals surface area (Å²) in [7, 11) is 0. The molecule has 2 atom stereocenters. The molecule has 2 unspecified atom stereocenters. The molecule has 4 heteroatoms. The molecule has 3 aromatic rings. The van der Waals surface area contributed by atoms with Crippen LogP contribution in [-0.2, 0) is 0 Å². The van der Waals surface area contributed by atoms with Gasteiger partial charge in [0, 0.05) is 26.2 Å². The Morgan fingerprint density at radius 1 is 0.679 bits per heavy atom. The van der Waals surface area contributed by atoms with Gasteiger partial charge in [-0.3, -0.25) is 4.90 Å².